The molecule has 0 aromatic carbocycles. The van der Waals surface area contributed by atoms with Gasteiger partial charge < -0.3 is 15.2 Å². The lowest BCUT2D eigenvalue weighted by Gasteiger charge is -2.23. The Morgan fingerprint density at radius 3 is 2.00 bits per heavy atom. The highest BCUT2D eigenvalue weighted by Crippen LogP contribution is 2.11. The van der Waals surface area contributed by atoms with Gasteiger partial charge in [0.2, 0.25) is 6.10 Å². The summed E-state index contributed by atoms with van der Waals surface area (Å²) in [6, 6.07) is 0. The van der Waals surface area contributed by atoms with Gasteiger partial charge in [0.1, 0.15) is 0 Å². The van der Waals surface area contributed by atoms with Gasteiger partial charge in [-0.3, -0.25) is 4.79 Å². The second-order valence-corrected chi connectivity index (χ2v) is 3.54. The largest absolute Gasteiger partial charge is 0.467 e. The van der Waals surface area contributed by atoms with Gasteiger partial charge in [0.15, 0.2) is 0 Å². The van der Waals surface area contributed by atoms with Crippen LogP contribution >= 0.6 is 0 Å². The third-order valence-electron chi connectivity index (χ3n) is 1.15. The number of hydrogen-bond acceptors (Lipinski definition) is 4. The van der Waals surface area contributed by atoms with E-state index in [2.05, 4.69) is 4.74 Å². The predicted molar refractivity (Wildman–Crippen MR) is 45.8 cm³/mol. The number of nitrogens with two attached hydrogens (primary N) is 1. The number of ether oxygens (including phenoxy) is 2. The highest BCUT2D eigenvalue weighted by molar-refractivity contribution is 5.99. The van der Waals surface area contributed by atoms with Crippen LogP contribution in [0.1, 0.15) is 20.8 Å². The molecule has 0 spiro atoms. The third kappa shape index (κ3) is 4.47. The van der Waals surface area contributed by atoms with E-state index in [1.165, 1.54) is 7.11 Å². The summed E-state index contributed by atoms with van der Waals surface area (Å²) >= 11 is 0. The number of amides is 1. The summed E-state index contributed by atoms with van der Waals surface area (Å²) in [5, 5.41) is 0. The first-order valence-electron chi connectivity index (χ1n) is 3.83. The maximum atomic E-state index is 11.0. The maximum Gasteiger partial charge on any atom is 0.344 e. The van der Waals surface area contributed by atoms with Gasteiger partial charge in [0, 0.05) is 0 Å². The summed E-state index contributed by atoms with van der Waals surface area (Å²) in [6.07, 6.45) is -1.33. The predicted octanol–water partition coefficient (Wildman–Crippen LogP) is -0.172. The zero-order chi connectivity index (χ0) is 10.6. The fourth-order valence-corrected chi connectivity index (χ4v) is 0.683. The van der Waals surface area contributed by atoms with Crippen molar-refractivity contribution < 1.29 is 19.1 Å². The van der Waals surface area contributed by atoms with E-state index in [1.807, 2.05) is 0 Å². The molecule has 0 aliphatic heterocycles. The highest BCUT2D eigenvalue weighted by Gasteiger charge is 2.30. The van der Waals surface area contributed by atoms with Gasteiger partial charge in [0.25, 0.3) is 5.91 Å². The van der Waals surface area contributed by atoms with Crippen molar-refractivity contribution >= 4 is 11.9 Å². The van der Waals surface area contributed by atoms with Crippen LogP contribution in [0.5, 0.6) is 0 Å². The van der Waals surface area contributed by atoms with Crippen LogP contribution in [0.15, 0.2) is 0 Å². The second-order valence-electron chi connectivity index (χ2n) is 3.54. The van der Waals surface area contributed by atoms with Gasteiger partial charge in [-0.05, 0) is 20.8 Å². The molecular formula is C8H15NO4. The first-order chi connectivity index (χ1) is 5.78. The molecule has 0 heterocycles. The second kappa shape index (κ2) is 4.23. The summed E-state index contributed by atoms with van der Waals surface area (Å²) in [4.78, 5) is 21.8. The highest BCUT2D eigenvalue weighted by atomic mass is 16.6. The molecule has 5 heteroatoms. The molecule has 0 rings (SSSR count). The Labute approximate surface area is 77.2 Å². The Kier molecular flexibility index (Phi) is 3.87. The first kappa shape index (κ1) is 11.9. The molecule has 0 unspecified atom stereocenters. The molecule has 0 aromatic heterocycles. The van der Waals surface area contributed by atoms with E-state index >= 15 is 0 Å². The average molecular weight is 189 g/mol. The van der Waals surface area contributed by atoms with Crippen LogP contribution in [-0.2, 0) is 19.1 Å². The molecule has 1 amide bonds. The van der Waals surface area contributed by atoms with E-state index in [0.29, 0.717) is 0 Å². The quantitative estimate of drug-likeness (QED) is 0.493. The van der Waals surface area contributed by atoms with E-state index in [9.17, 15) is 9.59 Å². The fraction of sp³-hybridized carbons (Fsp3) is 0.750. The van der Waals surface area contributed by atoms with Gasteiger partial charge in [-0.1, -0.05) is 0 Å². The molecule has 0 radical (unpaired) electrons. The molecule has 0 aliphatic rings. The number of methoxy groups -OCH3 is 1. The summed E-state index contributed by atoms with van der Waals surface area (Å²) in [7, 11) is 1.17. The molecule has 13 heavy (non-hydrogen) atoms. The van der Waals surface area contributed by atoms with Gasteiger partial charge in [-0.15, -0.1) is 0 Å². The molecule has 0 aliphatic carbocycles. The molecule has 76 valence electrons. The zero-order valence-corrected chi connectivity index (χ0v) is 8.29. The Hall–Kier alpha value is -1.10. The van der Waals surface area contributed by atoms with Crippen molar-refractivity contribution in [1.29, 1.82) is 0 Å². The summed E-state index contributed by atoms with van der Waals surface area (Å²) in [5.74, 6) is -1.62. The molecule has 0 bridgehead atoms. The number of carbonyl (C=O) groups excluding carboxylic acids is 2. The van der Waals surface area contributed by atoms with Gasteiger partial charge in [0.05, 0.1) is 12.7 Å². The van der Waals surface area contributed by atoms with Crippen LogP contribution in [0, 0.1) is 0 Å². The standard InChI is InChI=1S/C8H15NO4/c1-8(2,3)13-5(6(9)10)7(11)12-4/h5H,1-4H3,(H2,9,10)/t5-/m0/s1. The normalized spacial score (nSPS) is 13.5. The Bertz CT molecular complexity index is 207. The van der Waals surface area contributed by atoms with Crippen LogP contribution in [0.4, 0.5) is 0 Å². The fourth-order valence-electron chi connectivity index (χ4n) is 0.683. The first-order valence-corrected chi connectivity index (χ1v) is 3.83. The van der Waals surface area contributed by atoms with E-state index < -0.39 is 23.6 Å². The molecule has 0 aromatic rings. The number of carbonyl (C=O) groups is 2. The van der Waals surface area contributed by atoms with Crippen LogP contribution in [0.2, 0.25) is 0 Å². The van der Waals surface area contributed by atoms with Crippen molar-refractivity contribution in [3.63, 3.8) is 0 Å². The van der Waals surface area contributed by atoms with Crippen molar-refractivity contribution in [1.82, 2.24) is 0 Å². The maximum absolute atomic E-state index is 11.0. The lowest BCUT2D eigenvalue weighted by Crippen LogP contribution is -2.43. The minimum Gasteiger partial charge on any atom is -0.467 e. The Morgan fingerprint density at radius 2 is 1.77 bits per heavy atom. The van der Waals surface area contributed by atoms with Crippen molar-refractivity contribution in [3.05, 3.63) is 0 Å². The number of primary amides is 1. The van der Waals surface area contributed by atoms with Crippen LogP contribution in [0.25, 0.3) is 0 Å². The molecule has 0 saturated carbocycles. The van der Waals surface area contributed by atoms with Crippen LogP contribution < -0.4 is 5.73 Å². The SMILES string of the molecule is COC(=O)[C@@H](OC(C)(C)C)C(N)=O. The molecule has 5 nitrogen and oxygen atoms in total. The van der Waals surface area contributed by atoms with Crippen molar-refractivity contribution in [3.8, 4) is 0 Å². The van der Waals surface area contributed by atoms with Crippen molar-refractivity contribution in [2.45, 2.75) is 32.5 Å². The third-order valence-corrected chi connectivity index (χ3v) is 1.15. The van der Waals surface area contributed by atoms with Gasteiger partial charge >= 0.3 is 5.97 Å². The summed E-state index contributed by atoms with van der Waals surface area (Å²) in [6.45, 7) is 5.14. The summed E-state index contributed by atoms with van der Waals surface area (Å²) < 4.78 is 9.46. The van der Waals surface area contributed by atoms with E-state index in [4.69, 9.17) is 10.5 Å². The molecule has 0 saturated heterocycles. The smallest absolute Gasteiger partial charge is 0.344 e. The lowest BCUT2D eigenvalue weighted by atomic mass is 10.2. The van der Waals surface area contributed by atoms with Crippen molar-refractivity contribution in [2.75, 3.05) is 7.11 Å². The number of hydrogen-bond donors (Lipinski definition) is 1. The molecule has 1 atom stereocenters. The minimum atomic E-state index is -1.33. The average Bonchev–Trinajstić information content (AvgIpc) is 1.96. The number of rotatable bonds is 3. The minimum absolute atomic E-state index is 0.617. The van der Waals surface area contributed by atoms with Gasteiger partial charge in [-0.2, -0.15) is 0 Å². The number of esters is 1. The van der Waals surface area contributed by atoms with Gasteiger partial charge in [-0.25, -0.2) is 4.79 Å². The van der Waals surface area contributed by atoms with Crippen LogP contribution in [0.3, 0.4) is 0 Å². The lowest BCUT2D eigenvalue weighted by molar-refractivity contribution is -0.168. The topological polar surface area (TPSA) is 78.6 Å². The van der Waals surface area contributed by atoms with E-state index in [0.717, 1.165) is 0 Å². The summed E-state index contributed by atoms with van der Waals surface area (Å²) in [5.41, 5.74) is 4.34. The molecule has 2 N–H and O–H groups in total. The van der Waals surface area contributed by atoms with Crippen molar-refractivity contribution in [2.24, 2.45) is 5.73 Å². The van der Waals surface area contributed by atoms with Crippen LogP contribution in [-0.4, -0.2) is 30.7 Å². The molecular weight excluding hydrogens is 174 g/mol. The molecule has 0 fully saturated rings. The zero-order valence-electron chi connectivity index (χ0n) is 8.29. The Balaban J connectivity index is 4.45. The monoisotopic (exact) mass is 189 g/mol. The van der Waals surface area contributed by atoms with E-state index in [1.54, 1.807) is 20.8 Å². The Morgan fingerprint density at radius 1 is 1.31 bits per heavy atom. The van der Waals surface area contributed by atoms with E-state index in [-0.39, 0.29) is 0 Å².